The van der Waals surface area contributed by atoms with Gasteiger partial charge in [0.2, 0.25) is 21.8 Å². The number of sulfonamides is 1. The molecule has 8 heteroatoms. The number of hydrogen-bond acceptors (Lipinski definition) is 4. The van der Waals surface area contributed by atoms with Gasteiger partial charge in [-0.05, 0) is 38.3 Å². The van der Waals surface area contributed by atoms with Gasteiger partial charge in [0.15, 0.2) is 0 Å². The maximum atomic E-state index is 12.6. The van der Waals surface area contributed by atoms with Gasteiger partial charge in [0.25, 0.3) is 0 Å². The predicted octanol–water partition coefficient (Wildman–Crippen LogP) is 2.14. The molecular weight excluding hydrogens is 390 g/mol. The van der Waals surface area contributed by atoms with E-state index in [1.54, 1.807) is 35.2 Å². The highest BCUT2D eigenvalue weighted by Crippen LogP contribution is 2.23. The van der Waals surface area contributed by atoms with Crippen molar-refractivity contribution in [2.75, 3.05) is 19.6 Å². The molecular formula is C21H33N3O4S. The molecule has 0 radical (unpaired) electrons. The Morgan fingerprint density at radius 1 is 1.21 bits per heavy atom. The van der Waals surface area contributed by atoms with Crippen LogP contribution in [0.3, 0.4) is 0 Å². The molecule has 1 aliphatic rings. The number of amides is 2. The summed E-state index contributed by atoms with van der Waals surface area (Å²) in [5.41, 5.74) is -0.457. The van der Waals surface area contributed by atoms with Gasteiger partial charge in [0.05, 0.1) is 10.8 Å². The summed E-state index contributed by atoms with van der Waals surface area (Å²) in [5, 5.41) is 2.96. The lowest BCUT2D eigenvalue weighted by molar-refractivity contribution is -0.142. The second-order valence-corrected chi connectivity index (χ2v) is 10.5. The van der Waals surface area contributed by atoms with Gasteiger partial charge in [-0.2, -0.15) is 0 Å². The molecule has 1 fully saturated rings. The second-order valence-electron chi connectivity index (χ2n) is 8.75. The van der Waals surface area contributed by atoms with E-state index in [4.69, 9.17) is 0 Å². The van der Waals surface area contributed by atoms with E-state index in [2.05, 4.69) is 10.0 Å². The van der Waals surface area contributed by atoms with Gasteiger partial charge >= 0.3 is 0 Å². The second kappa shape index (κ2) is 9.71. The highest BCUT2D eigenvalue weighted by Gasteiger charge is 2.33. The molecule has 162 valence electrons. The van der Waals surface area contributed by atoms with Crippen LogP contribution in [-0.4, -0.2) is 50.8 Å². The lowest BCUT2D eigenvalue weighted by Crippen LogP contribution is -2.50. The number of piperidine rings is 1. The zero-order chi connectivity index (χ0) is 21.7. The van der Waals surface area contributed by atoms with E-state index in [9.17, 15) is 18.0 Å². The maximum Gasteiger partial charge on any atom is 0.240 e. The van der Waals surface area contributed by atoms with Crippen LogP contribution in [0.4, 0.5) is 0 Å². The minimum Gasteiger partial charge on any atom is -0.353 e. The molecule has 2 atom stereocenters. The molecule has 1 aliphatic heterocycles. The van der Waals surface area contributed by atoms with Crippen LogP contribution in [0.15, 0.2) is 35.2 Å². The quantitative estimate of drug-likeness (QED) is 0.702. The maximum absolute atomic E-state index is 12.6. The molecule has 2 rings (SSSR count). The fourth-order valence-corrected chi connectivity index (χ4v) is 4.44. The highest BCUT2D eigenvalue weighted by molar-refractivity contribution is 7.89. The van der Waals surface area contributed by atoms with Gasteiger partial charge in [-0.15, -0.1) is 0 Å². The van der Waals surface area contributed by atoms with Gasteiger partial charge in [0.1, 0.15) is 0 Å². The Kier molecular flexibility index (Phi) is 7.82. The number of carbonyl (C=O) groups is 2. The average molecular weight is 424 g/mol. The van der Waals surface area contributed by atoms with Crippen molar-refractivity contribution in [3.8, 4) is 0 Å². The summed E-state index contributed by atoms with van der Waals surface area (Å²) in [6.07, 6.45) is 2.05. The summed E-state index contributed by atoms with van der Waals surface area (Å²) in [7, 11) is -3.54. The first-order valence-corrected chi connectivity index (χ1v) is 11.6. The van der Waals surface area contributed by atoms with Crippen LogP contribution in [0.25, 0.3) is 0 Å². The number of rotatable bonds is 7. The van der Waals surface area contributed by atoms with E-state index >= 15 is 0 Å². The zero-order valence-electron chi connectivity index (χ0n) is 17.8. The molecule has 0 spiro atoms. The standard InChI is InChI=1S/C21H33N3O4S/c1-16(12-13-22-29(27,28)18-10-6-5-7-11-18)23-19(25)17-9-8-14-24(15-17)20(26)21(2,3)4/h5-7,10-11,16-17,22H,8-9,12-15H2,1-4H3,(H,23,25). The number of benzene rings is 1. The molecule has 1 aromatic rings. The van der Waals surface area contributed by atoms with E-state index in [0.29, 0.717) is 19.5 Å². The largest absolute Gasteiger partial charge is 0.353 e. The number of likely N-dealkylation sites (tertiary alicyclic amines) is 1. The number of nitrogens with zero attached hydrogens (tertiary/aromatic N) is 1. The minimum absolute atomic E-state index is 0.0679. The van der Waals surface area contributed by atoms with Gasteiger partial charge in [-0.3, -0.25) is 9.59 Å². The van der Waals surface area contributed by atoms with E-state index in [1.165, 1.54) is 0 Å². The normalized spacial score (nSPS) is 18.9. The topological polar surface area (TPSA) is 95.6 Å². The van der Waals surface area contributed by atoms with Crippen molar-refractivity contribution < 1.29 is 18.0 Å². The van der Waals surface area contributed by atoms with Crippen molar-refractivity contribution in [3.63, 3.8) is 0 Å². The van der Waals surface area contributed by atoms with Gasteiger partial charge in [0, 0.05) is 31.1 Å². The predicted molar refractivity (Wildman–Crippen MR) is 113 cm³/mol. The SMILES string of the molecule is CC(CCNS(=O)(=O)c1ccccc1)NC(=O)C1CCCN(C(=O)C(C)(C)C)C1. The van der Waals surface area contributed by atoms with Gasteiger partial charge in [-0.1, -0.05) is 39.0 Å². The highest BCUT2D eigenvalue weighted by atomic mass is 32.2. The van der Waals surface area contributed by atoms with Crippen molar-refractivity contribution in [1.29, 1.82) is 0 Å². The zero-order valence-corrected chi connectivity index (χ0v) is 18.6. The van der Waals surface area contributed by atoms with Crippen LogP contribution in [0.2, 0.25) is 0 Å². The Hall–Kier alpha value is -1.93. The van der Waals surface area contributed by atoms with Gasteiger partial charge < -0.3 is 10.2 Å². The van der Waals surface area contributed by atoms with Crippen LogP contribution < -0.4 is 10.0 Å². The summed E-state index contributed by atoms with van der Waals surface area (Å²) in [4.78, 5) is 27.1. The first-order chi connectivity index (χ1) is 13.5. The Morgan fingerprint density at radius 3 is 2.48 bits per heavy atom. The molecule has 2 amide bonds. The molecule has 1 heterocycles. The first kappa shape index (κ1) is 23.3. The van der Waals surface area contributed by atoms with Gasteiger partial charge in [-0.25, -0.2) is 13.1 Å². The minimum atomic E-state index is -3.54. The molecule has 1 saturated heterocycles. The molecule has 29 heavy (non-hydrogen) atoms. The van der Waals surface area contributed by atoms with Crippen LogP contribution in [0, 0.1) is 11.3 Å². The first-order valence-electron chi connectivity index (χ1n) is 10.1. The van der Waals surface area contributed by atoms with E-state index < -0.39 is 15.4 Å². The van der Waals surface area contributed by atoms with Crippen molar-refractivity contribution in [2.24, 2.45) is 11.3 Å². The molecule has 2 N–H and O–H groups in total. The fourth-order valence-electron chi connectivity index (χ4n) is 3.38. The number of nitrogens with one attached hydrogen (secondary N) is 2. The summed E-state index contributed by atoms with van der Waals surface area (Å²) in [6.45, 7) is 8.88. The summed E-state index contributed by atoms with van der Waals surface area (Å²) in [5.74, 6) is -0.230. The molecule has 0 aromatic heterocycles. The third-order valence-corrected chi connectivity index (χ3v) is 6.51. The van der Waals surface area contributed by atoms with Crippen LogP contribution >= 0.6 is 0 Å². The Balaban J connectivity index is 1.80. The van der Waals surface area contributed by atoms with Crippen molar-refractivity contribution >= 4 is 21.8 Å². The summed E-state index contributed by atoms with van der Waals surface area (Å²) < 4.78 is 27.0. The molecule has 1 aromatic carbocycles. The van der Waals surface area contributed by atoms with Crippen LogP contribution in [0.1, 0.15) is 47.0 Å². The molecule has 2 unspecified atom stereocenters. The Morgan fingerprint density at radius 2 is 1.86 bits per heavy atom. The van der Waals surface area contributed by atoms with E-state index in [-0.39, 0.29) is 35.2 Å². The summed E-state index contributed by atoms with van der Waals surface area (Å²) >= 11 is 0. The van der Waals surface area contributed by atoms with Crippen LogP contribution in [-0.2, 0) is 19.6 Å². The van der Waals surface area contributed by atoms with Crippen molar-refractivity contribution in [3.05, 3.63) is 30.3 Å². The lowest BCUT2D eigenvalue weighted by Gasteiger charge is -2.36. The van der Waals surface area contributed by atoms with E-state index in [1.807, 2.05) is 27.7 Å². The number of hydrogen-bond donors (Lipinski definition) is 2. The summed E-state index contributed by atoms with van der Waals surface area (Å²) in [6, 6.07) is 8.03. The lowest BCUT2D eigenvalue weighted by atomic mass is 9.91. The molecule has 7 nitrogen and oxygen atoms in total. The Labute approximate surface area is 174 Å². The Bertz CT molecular complexity index is 803. The molecule has 0 aliphatic carbocycles. The van der Waals surface area contributed by atoms with Crippen molar-refractivity contribution in [1.82, 2.24) is 14.9 Å². The smallest absolute Gasteiger partial charge is 0.240 e. The monoisotopic (exact) mass is 423 g/mol. The van der Waals surface area contributed by atoms with Crippen LogP contribution in [0.5, 0.6) is 0 Å². The third kappa shape index (κ3) is 6.82. The molecule has 0 saturated carbocycles. The fraction of sp³-hybridized carbons (Fsp3) is 0.619. The average Bonchev–Trinajstić information content (AvgIpc) is 2.67. The van der Waals surface area contributed by atoms with Crippen molar-refractivity contribution in [2.45, 2.75) is 57.9 Å². The third-order valence-electron chi connectivity index (χ3n) is 5.03. The number of carbonyl (C=O) groups excluding carboxylic acids is 2. The molecule has 0 bridgehead atoms. The van der Waals surface area contributed by atoms with E-state index in [0.717, 1.165) is 12.8 Å².